The minimum absolute atomic E-state index is 0.0455. The Bertz CT molecular complexity index is 1300. The Morgan fingerprint density at radius 1 is 1.00 bits per heavy atom. The predicted octanol–water partition coefficient (Wildman–Crippen LogP) is 5.30. The fourth-order valence-corrected chi connectivity index (χ4v) is 4.36. The van der Waals surface area contributed by atoms with Crippen molar-refractivity contribution in [3.05, 3.63) is 93.5 Å². The van der Waals surface area contributed by atoms with E-state index in [4.69, 9.17) is 16.3 Å². The molecule has 0 aliphatic carbocycles. The standard InChI is InChI=1S/C26H22ClNO5/c1-14-4-10-20(15(2)12-14)28-23(16-5-8-18(29)9-6-16)22(25(31)26(28)32)24(30)17-7-11-21(33-3)19(27)13-17/h4-13,23,29-30H,1-3H3/b24-22+. The molecule has 1 unspecified atom stereocenters. The predicted molar refractivity (Wildman–Crippen MR) is 127 cm³/mol. The number of aryl methyl sites for hydroxylation is 2. The van der Waals surface area contributed by atoms with Crippen molar-refractivity contribution in [3.63, 3.8) is 0 Å². The Morgan fingerprint density at radius 3 is 2.30 bits per heavy atom. The van der Waals surface area contributed by atoms with E-state index in [-0.39, 0.29) is 27.7 Å². The monoisotopic (exact) mass is 463 g/mol. The summed E-state index contributed by atoms with van der Waals surface area (Å²) in [6.07, 6.45) is 0. The zero-order chi connectivity index (χ0) is 23.9. The third-order valence-corrected chi connectivity index (χ3v) is 5.99. The fraction of sp³-hybridized carbons (Fsp3) is 0.154. The van der Waals surface area contributed by atoms with Gasteiger partial charge in [0.25, 0.3) is 11.7 Å². The molecule has 1 aliphatic rings. The lowest BCUT2D eigenvalue weighted by atomic mass is 9.94. The molecule has 6 nitrogen and oxygen atoms in total. The summed E-state index contributed by atoms with van der Waals surface area (Å²) in [6, 6.07) is 15.5. The normalized spacial score (nSPS) is 17.5. The van der Waals surface area contributed by atoms with Crippen LogP contribution in [0.3, 0.4) is 0 Å². The topological polar surface area (TPSA) is 87.1 Å². The molecular weight excluding hydrogens is 442 g/mol. The van der Waals surface area contributed by atoms with Crippen LogP contribution >= 0.6 is 11.6 Å². The molecule has 1 amide bonds. The van der Waals surface area contributed by atoms with Crippen LogP contribution < -0.4 is 9.64 Å². The number of nitrogens with zero attached hydrogens (tertiary/aromatic N) is 1. The number of anilines is 1. The Hall–Kier alpha value is -3.77. The number of aliphatic hydroxyl groups excluding tert-OH is 1. The second-order valence-electron chi connectivity index (χ2n) is 7.90. The number of aromatic hydroxyl groups is 1. The van der Waals surface area contributed by atoms with E-state index in [0.29, 0.717) is 17.0 Å². The maximum atomic E-state index is 13.2. The SMILES string of the molecule is COc1ccc(/C(O)=C2\C(=O)C(=O)N(c3ccc(C)cc3C)C2c2ccc(O)cc2)cc1Cl. The summed E-state index contributed by atoms with van der Waals surface area (Å²) in [7, 11) is 1.47. The number of phenols is 1. The van der Waals surface area contributed by atoms with Gasteiger partial charge in [-0.3, -0.25) is 14.5 Å². The zero-order valence-electron chi connectivity index (χ0n) is 18.3. The van der Waals surface area contributed by atoms with Gasteiger partial charge in [0.2, 0.25) is 0 Å². The van der Waals surface area contributed by atoms with Crippen LogP contribution in [0, 0.1) is 13.8 Å². The molecular formula is C26H22ClNO5. The third-order valence-electron chi connectivity index (χ3n) is 5.69. The van der Waals surface area contributed by atoms with E-state index in [1.54, 1.807) is 30.3 Å². The number of rotatable bonds is 4. The molecule has 1 saturated heterocycles. The Morgan fingerprint density at radius 2 is 1.70 bits per heavy atom. The molecule has 0 bridgehead atoms. The van der Waals surface area contributed by atoms with Crippen LogP contribution in [-0.4, -0.2) is 29.0 Å². The first kappa shape index (κ1) is 22.4. The number of hydrogen-bond acceptors (Lipinski definition) is 5. The Kier molecular flexibility index (Phi) is 5.87. The number of ether oxygens (including phenoxy) is 1. The lowest BCUT2D eigenvalue weighted by molar-refractivity contribution is -0.132. The highest BCUT2D eigenvalue weighted by Crippen LogP contribution is 2.44. The minimum Gasteiger partial charge on any atom is -0.508 e. The van der Waals surface area contributed by atoms with Crippen LogP contribution in [0.1, 0.15) is 28.3 Å². The second-order valence-corrected chi connectivity index (χ2v) is 8.31. The first-order chi connectivity index (χ1) is 15.7. The molecule has 3 aromatic carbocycles. The lowest BCUT2D eigenvalue weighted by Gasteiger charge is -2.27. The number of ketones is 1. The number of methoxy groups -OCH3 is 1. The van der Waals surface area contributed by atoms with Gasteiger partial charge in [-0.05, 0) is 61.4 Å². The third kappa shape index (κ3) is 3.94. The van der Waals surface area contributed by atoms with Crippen LogP contribution in [0.15, 0.2) is 66.2 Å². The highest BCUT2D eigenvalue weighted by atomic mass is 35.5. The summed E-state index contributed by atoms with van der Waals surface area (Å²) >= 11 is 6.23. The van der Waals surface area contributed by atoms with Gasteiger partial charge in [0, 0.05) is 11.3 Å². The average Bonchev–Trinajstić information content (AvgIpc) is 3.04. The van der Waals surface area contributed by atoms with Crippen molar-refractivity contribution in [1.29, 1.82) is 0 Å². The molecule has 1 atom stereocenters. The number of carbonyl (C=O) groups excluding carboxylic acids is 2. The van der Waals surface area contributed by atoms with Crippen LogP contribution in [0.4, 0.5) is 5.69 Å². The molecule has 3 aromatic rings. The Balaban J connectivity index is 1.96. The molecule has 33 heavy (non-hydrogen) atoms. The van der Waals surface area contributed by atoms with Crippen molar-refractivity contribution in [3.8, 4) is 11.5 Å². The van der Waals surface area contributed by atoms with Gasteiger partial charge in [-0.15, -0.1) is 0 Å². The fourth-order valence-electron chi connectivity index (χ4n) is 4.10. The maximum absolute atomic E-state index is 13.2. The van der Waals surface area contributed by atoms with Crippen LogP contribution in [0.2, 0.25) is 5.02 Å². The van der Waals surface area contributed by atoms with Crippen molar-refractivity contribution >= 4 is 34.7 Å². The molecule has 2 N–H and O–H groups in total. The maximum Gasteiger partial charge on any atom is 0.300 e. The summed E-state index contributed by atoms with van der Waals surface area (Å²) < 4.78 is 5.16. The van der Waals surface area contributed by atoms with E-state index >= 15 is 0 Å². The van der Waals surface area contributed by atoms with E-state index in [1.165, 1.54) is 30.2 Å². The first-order valence-corrected chi connectivity index (χ1v) is 10.6. The quantitative estimate of drug-likeness (QED) is 0.311. The number of benzene rings is 3. The van der Waals surface area contributed by atoms with Gasteiger partial charge in [0.1, 0.15) is 17.3 Å². The smallest absolute Gasteiger partial charge is 0.300 e. The Labute approximate surface area is 196 Å². The molecule has 4 rings (SSSR count). The molecule has 0 radical (unpaired) electrons. The van der Waals surface area contributed by atoms with Gasteiger partial charge in [-0.2, -0.15) is 0 Å². The summed E-state index contributed by atoms with van der Waals surface area (Å²) in [5.74, 6) is -1.44. The second kappa shape index (κ2) is 8.64. The number of carbonyl (C=O) groups is 2. The van der Waals surface area contributed by atoms with E-state index in [9.17, 15) is 19.8 Å². The van der Waals surface area contributed by atoms with Gasteiger partial charge >= 0.3 is 0 Å². The molecule has 168 valence electrons. The van der Waals surface area contributed by atoms with Crippen molar-refractivity contribution in [2.75, 3.05) is 12.0 Å². The van der Waals surface area contributed by atoms with Crippen LogP contribution in [0.5, 0.6) is 11.5 Å². The van der Waals surface area contributed by atoms with Crippen molar-refractivity contribution in [2.24, 2.45) is 0 Å². The van der Waals surface area contributed by atoms with Crippen LogP contribution in [-0.2, 0) is 9.59 Å². The molecule has 1 aliphatic heterocycles. The van der Waals surface area contributed by atoms with Crippen molar-refractivity contribution in [2.45, 2.75) is 19.9 Å². The van der Waals surface area contributed by atoms with Crippen LogP contribution in [0.25, 0.3) is 5.76 Å². The van der Waals surface area contributed by atoms with E-state index < -0.39 is 17.7 Å². The van der Waals surface area contributed by atoms with Gasteiger partial charge < -0.3 is 14.9 Å². The molecule has 1 fully saturated rings. The average molecular weight is 464 g/mol. The number of halogens is 1. The first-order valence-electron chi connectivity index (χ1n) is 10.2. The summed E-state index contributed by atoms with van der Waals surface area (Å²) in [5.41, 5.74) is 3.17. The summed E-state index contributed by atoms with van der Waals surface area (Å²) in [4.78, 5) is 27.9. The van der Waals surface area contributed by atoms with E-state index in [0.717, 1.165) is 11.1 Å². The zero-order valence-corrected chi connectivity index (χ0v) is 19.1. The largest absolute Gasteiger partial charge is 0.508 e. The van der Waals surface area contributed by atoms with Gasteiger partial charge in [0.05, 0.1) is 23.7 Å². The number of hydrogen-bond donors (Lipinski definition) is 2. The molecule has 1 heterocycles. The van der Waals surface area contributed by atoms with Crippen molar-refractivity contribution in [1.82, 2.24) is 0 Å². The van der Waals surface area contributed by atoms with Gasteiger partial charge in [-0.25, -0.2) is 0 Å². The summed E-state index contributed by atoms with van der Waals surface area (Å²) in [5, 5.41) is 21.2. The van der Waals surface area contributed by atoms with Gasteiger partial charge in [0.15, 0.2) is 0 Å². The minimum atomic E-state index is -0.895. The number of aliphatic hydroxyl groups is 1. The summed E-state index contributed by atoms with van der Waals surface area (Å²) in [6.45, 7) is 3.80. The molecule has 0 saturated carbocycles. The van der Waals surface area contributed by atoms with Crippen molar-refractivity contribution < 1.29 is 24.5 Å². The number of phenolic OH excluding ortho intramolecular Hbond substituents is 1. The molecule has 7 heteroatoms. The van der Waals surface area contributed by atoms with E-state index in [1.807, 2.05) is 26.0 Å². The lowest BCUT2D eigenvalue weighted by Crippen LogP contribution is -2.30. The number of amides is 1. The number of Topliss-reactive ketones (excluding diaryl/α,β-unsaturated/α-hetero) is 1. The highest BCUT2D eigenvalue weighted by Gasteiger charge is 2.47. The highest BCUT2D eigenvalue weighted by molar-refractivity contribution is 6.51. The molecule has 0 spiro atoms. The molecule has 0 aromatic heterocycles. The van der Waals surface area contributed by atoms with E-state index in [2.05, 4.69) is 0 Å². The van der Waals surface area contributed by atoms with Gasteiger partial charge in [-0.1, -0.05) is 41.4 Å².